The largest absolute Gasteiger partial charge is 0.465 e. The van der Waals surface area contributed by atoms with Gasteiger partial charge in [0.2, 0.25) is 11.4 Å². The zero-order chi connectivity index (χ0) is 18.0. The Hall–Kier alpha value is -3.62. The predicted octanol–water partition coefficient (Wildman–Crippen LogP) is 1.17. The summed E-state index contributed by atoms with van der Waals surface area (Å²) >= 11 is 0. The van der Waals surface area contributed by atoms with E-state index in [-0.39, 0.29) is 11.1 Å². The van der Waals surface area contributed by atoms with Gasteiger partial charge in [-0.2, -0.15) is 0 Å². The summed E-state index contributed by atoms with van der Waals surface area (Å²) in [6, 6.07) is 7.37. The number of carbonyl (C=O) groups excluding carboxylic acids is 2. The highest BCUT2D eigenvalue weighted by Crippen LogP contribution is 2.13. The highest BCUT2D eigenvalue weighted by Gasteiger charge is 2.20. The van der Waals surface area contributed by atoms with Crippen LogP contribution in [0.2, 0.25) is 0 Å². The fourth-order valence-corrected chi connectivity index (χ4v) is 2.28. The van der Waals surface area contributed by atoms with Crippen LogP contribution < -0.4 is 10.9 Å². The van der Waals surface area contributed by atoms with Gasteiger partial charge >= 0.3 is 11.9 Å². The van der Waals surface area contributed by atoms with Gasteiger partial charge in [-0.05, 0) is 12.1 Å². The summed E-state index contributed by atoms with van der Waals surface area (Å²) in [5.74, 6) is -1.37. The minimum Gasteiger partial charge on any atom is -0.465 e. The van der Waals surface area contributed by atoms with E-state index < -0.39 is 17.4 Å². The Kier molecular flexibility index (Phi) is 4.21. The van der Waals surface area contributed by atoms with Gasteiger partial charge in [-0.25, -0.2) is 14.6 Å². The predicted molar refractivity (Wildman–Crippen MR) is 88.5 cm³/mol. The lowest BCUT2D eigenvalue weighted by Crippen LogP contribution is -2.27. The van der Waals surface area contributed by atoms with Gasteiger partial charge in [-0.15, -0.1) is 0 Å². The van der Waals surface area contributed by atoms with E-state index in [1.54, 1.807) is 0 Å². The number of methoxy groups -OCH3 is 2. The van der Waals surface area contributed by atoms with E-state index in [2.05, 4.69) is 24.9 Å². The molecule has 2 aromatic heterocycles. The summed E-state index contributed by atoms with van der Waals surface area (Å²) in [6.07, 6.45) is 2.43. The van der Waals surface area contributed by atoms with Gasteiger partial charge in [0.1, 0.15) is 11.1 Å². The number of para-hydroxylation sites is 2. The molecule has 0 radical (unpaired) electrons. The lowest BCUT2D eigenvalue weighted by Gasteiger charge is -2.11. The van der Waals surface area contributed by atoms with Gasteiger partial charge in [-0.1, -0.05) is 12.1 Å². The standard InChI is InChI=1S/C16H14N4O5/c1-24-14(22)9-7-20(8-10(13(9)21)15(23)25-2)19-16-17-11-5-3-4-6-12(11)18-16/h3-8H,1-2H3,(H2,17,18,19). The average molecular weight is 342 g/mol. The van der Waals surface area contributed by atoms with E-state index in [0.29, 0.717) is 5.95 Å². The quantitative estimate of drug-likeness (QED) is 0.684. The fourth-order valence-electron chi connectivity index (χ4n) is 2.28. The van der Waals surface area contributed by atoms with Crippen LogP contribution in [0.1, 0.15) is 20.7 Å². The second kappa shape index (κ2) is 6.48. The van der Waals surface area contributed by atoms with Crippen LogP contribution in [-0.4, -0.2) is 40.8 Å². The van der Waals surface area contributed by atoms with Crippen LogP contribution in [0.5, 0.6) is 0 Å². The van der Waals surface area contributed by atoms with Gasteiger partial charge in [0, 0.05) is 12.4 Å². The van der Waals surface area contributed by atoms with E-state index >= 15 is 0 Å². The van der Waals surface area contributed by atoms with E-state index in [9.17, 15) is 14.4 Å². The maximum atomic E-state index is 12.2. The van der Waals surface area contributed by atoms with Crippen LogP contribution >= 0.6 is 0 Å². The molecule has 0 atom stereocenters. The van der Waals surface area contributed by atoms with Crippen molar-refractivity contribution in [2.24, 2.45) is 0 Å². The van der Waals surface area contributed by atoms with Gasteiger partial charge < -0.3 is 14.5 Å². The molecule has 0 bridgehead atoms. The second-order valence-corrected chi connectivity index (χ2v) is 5.02. The number of esters is 2. The molecule has 9 heteroatoms. The van der Waals surface area contributed by atoms with E-state index in [0.717, 1.165) is 25.3 Å². The number of rotatable bonds is 4. The Balaban J connectivity index is 2.06. The number of aromatic nitrogens is 3. The normalized spacial score (nSPS) is 10.5. The van der Waals surface area contributed by atoms with E-state index in [1.807, 2.05) is 24.3 Å². The van der Waals surface area contributed by atoms with Crippen molar-refractivity contribution in [3.63, 3.8) is 0 Å². The number of ether oxygens (including phenoxy) is 2. The van der Waals surface area contributed by atoms with E-state index in [4.69, 9.17) is 0 Å². The molecule has 0 fully saturated rings. The molecular formula is C16H14N4O5. The van der Waals surface area contributed by atoms with Gasteiger partial charge in [-0.3, -0.25) is 14.9 Å². The van der Waals surface area contributed by atoms with Gasteiger partial charge in [0.25, 0.3) is 0 Å². The molecule has 3 aromatic rings. The summed E-state index contributed by atoms with van der Waals surface area (Å²) in [7, 11) is 2.28. The zero-order valence-electron chi connectivity index (χ0n) is 13.4. The number of H-pyrrole nitrogens is 1. The first-order valence-electron chi connectivity index (χ1n) is 7.18. The molecule has 9 nitrogen and oxygen atoms in total. The van der Waals surface area contributed by atoms with E-state index in [1.165, 1.54) is 17.1 Å². The molecule has 2 N–H and O–H groups in total. The molecule has 0 amide bonds. The minimum atomic E-state index is -0.865. The third-order valence-corrected chi connectivity index (χ3v) is 3.46. The molecular weight excluding hydrogens is 328 g/mol. The number of benzene rings is 1. The van der Waals surface area contributed by atoms with Crippen molar-refractivity contribution < 1.29 is 19.1 Å². The van der Waals surface area contributed by atoms with Crippen molar-refractivity contribution in [1.29, 1.82) is 0 Å². The molecule has 0 spiro atoms. The summed E-state index contributed by atoms with van der Waals surface area (Å²) in [5.41, 5.74) is 2.98. The summed E-state index contributed by atoms with van der Waals surface area (Å²) in [5, 5.41) is 0. The Morgan fingerprint density at radius 2 is 1.68 bits per heavy atom. The number of carbonyl (C=O) groups is 2. The molecule has 3 rings (SSSR count). The van der Waals surface area contributed by atoms with Crippen molar-refractivity contribution in [1.82, 2.24) is 14.6 Å². The third kappa shape index (κ3) is 3.07. The van der Waals surface area contributed by atoms with Crippen LogP contribution in [0.25, 0.3) is 11.0 Å². The van der Waals surface area contributed by atoms with Crippen molar-refractivity contribution in [3.8, 4) is 0 Å². The lowest BCUT2D eigenvalue weighted by atomic mass is 10.2. The monoisotopic (exact) mass is 342 g/mol. The van der Waals surface area contributed by atoms with Crippen LogP contribution in [0, 0.1) is 0 Å². The molecule has 0 aliphatic carbocycles. The number of imidazole rings is 1. The summed E-state index contributed by atoms with van der Waals surface area (Å²) in [4.78, 5) is 43.2. The lowest BCUT2D eigenvalue weighted by molar-refractivity contribution is 0.0594. The number of fused-ring (bicyclic) bond motifs is 1. The Labute approximate surface area is 141 Å². The SMILES string of the molecule is COC(=O)c1cn(Nc2nc3ccccc3[nH]2)cc(C(=O)OC)c1=O. The molecule has 2 heterocycles. The van der Waals surface area contributed by atoms with Crippen LogP contribution in [0.4, 0.5) is 5.95 Å². The number of nitrogens with zero attached hydrogens (tertiary/aromatic N) is 2. The van der Waals surface area contributed by atoms with Gasteiger partial charge in [0.15, 0.2) is 0 Å². The second-order valence-electron chi connectivity index (χ2n) is 5.02. The number of aromatic amines is 1. The van der Waals surface area contributed by atoms with Crippen molar-refractivity contribution in [2.75, 3.05) is 19.6 Å². The minimum absolute atomic E-state index is 0.311. The Bertz CT molecular complexity index is 948. The van der Waals surface area contributed by atoms with Crippen LogP contribution in [0.15, 0.2) is 41.5 Å². The summed E-state index contributed by atoms with van der Waals surface area (Å²) in [6.45, 7) is 0. The molecule has 0 aliphatic heterocycles. The Morgan fingerprint density at radius 3 is 2.24 bits per heavy atom. The molecule has 0 aliphatic rings. The number of pyridine rings is 1. The highest BCUT2D eigenvalue weighted by molar-refractivity contribution is 5.94. The number of hydrogen-bond donors (Lipinski definition) is 2. The summed E-state index contributed by atoms with van der Waals surface area (Å²) < 4.78 is 10.4. The number of hydrogen-bond acceptors (Lipinski definition) is 7. The fraction of sp³-hybridized carbons (Fsp3) is 0.125. The number of nitrogens with one attached hydrogen (secondary N) is 2. The average Bonchev–Trinajstić information content (AvgIpc) is 3.03. The molecule has 0 saturated carbocycles. The Morgan fingerprint density at radius 1 is 1.08 bits per heavy atom. The van der Waals surface area contributed by atoms with Crippen LogP contribution in [0.3, 0.4) is 0 Å². The first-order valence-corrected chi connectivity index (χ1v) is 7.18. The third-order valence-electron chi connectivity index (χ3n) is 3.46. The smallest absolute Gasteiger partial charge is 0.343 e. The molecule has 128 valence electrons. The van der Waals surface area contributed by atoms with Crippen molar-refractivity contribution in [2.45, 2.75) is 0 Å². The van der Waals surface area contributed by atoms with Gasteiger partial charge in [0.05, 0.1) is 25.3 Å². The molecule has 0 saturated heterocycles. The van der Waals surface area contributed by atoms with Crippen LogP contribution in [-0.2, 0) is 9.47 Å². The molecule has 0 unspecified atom stereocenters. The van der Waals surface area contributed by atoms with Crippen molar-refractivity contribution >= 4 is 28.9 Å². The maximum Gasteiger partial charge on any atom is 0.343 e. The first kappa shape index (κ1) is 16.2. The zero-order valence-corrected chi connectivity index (χ0v) is 13.4. The maximum absolute atomic E-state index is 12.2. The number of anilines is 1. The molecule has 1 aromatic carbocycles. The first-order chi connectivity index (χ1) is 12.0. The topological polar surface area (TPSA) is 115 Å². The highest BCUT2D eigenvalue weighted by atomic mass is 16.5. The molecule has 25 heavy (non-hydrogen) atoms. The van der Waals surface area contributed by atoms with Crippen molar-refractivity contribution in [3.05, 3.63) is 58.0 Å².